The lowest BCUT2D eigenvalue weighted by atomic mass is 10.2. The summed E-state index contributed by atoms with van der Waals surface area (Å²) >= 11 is 0. The Bertz CT molecular complexity index is 1260. The van der Waals surface area contributed by atoms with E-state index in [9.17, 15) is 14.4 Å². The predicted octanol–water partition coefficient (Wildman–Crippen LogP) is 2.82. The van der Waals surface area contributed by atoms with Crippen molar-refractivity contribution >= 4 is 35.3 Å². The number of carbonyl (C=O) groups is 3. The number of rotatable bonds is 10. The first kappa shape index (κ1) is 26.5. The first-order chi connectivity index (χ1) is 17.9. The largest absolute Gasteiger partial charge is 0.497 e. The maximum absolute atomic E-state index is 12.2. The zero-order valence-corrected chi connectivity index (χ0v) is 20.4. The van der Waals surface area contributed by atoms with Gasteiger partial charge in [-0.05, 0) is 72.3 Å². The fourth-order valence-corrected chi connectivity index (χ4v) is 2.98. The van der Waals surface area contributed by atoms with E-state index in [1.54, 1.807) is 73.8 Å². The van der Waals surface area contributed by atoms with Gasteiger partial charge in [0, 0.05) is 11.4 Å². The van der Waals surface area contributed by atoms with E-state index in [2.05, 4.69) is 21.2 Å². The zero-order valence-electron chi connectivity index (χ0n) is 20.4. The van der Waals surface area contributed by atoms with Gasteiger partial charge in [0.25, 0.3) is 5.91 Å². The molecule has 3 amide bonds. The average molecular weight is 507 g/mol. The number of amides is 3. The molecule has 0 aliphatic rings. The molecule has 0 radical (unpaired) electrons. The normalized spacial score (nSPS) is 10.4. The van der Waals surface area contributed by atoms with Gasteiger partial charge in [-0.3, -0.25) is 14.4 Å². The van der Waals surface area contributed by atoms with Crippen LogP contribution in [-0.4, -0.2) is 51.9 Å². The zero-order chi connectivity index (χ0) is 26.6. The summed E-state index contributed by atoms with van der Waals surface area (Å²) in [5, 5.41) is 8.97. The van der Waals surface area contributed by atoms with Crippen molar-refractivity contribution in [3.05, 3.63) is 72.3 Å². The highest BCUT2D eigenvalue weighted by Crippen LogP contribution is 2.27. The Kier molecular flexibility index (Phi) is 9.43. The van der Waals surface area contributed by atoms with Crippen LogP contribution in [0.15, 0.2) is 71.8 Å². The van der Waals surface area contributed by atoms with Crippen molar-refractivity contribution in [3.63, 3.8) is 0 Å². The van der Waals surface area contributed by atoms with Crippen molar-refractivity contribution in [3.8, 4) is 23.0 Å². The van der Waals surface area contributed by atoms with Gasteiger partial charge in [0.2, 0.25) is 0 Å². The third-order valence-electron chi connectivity index (χ3n) is 4.85. The van der Waals surface area contributed by atoms with Crippen LogP contribution in [0.2, 0.25) is 0 Å². The highest BCUT2D eigenvalue weighted by atomic mass is 16.5. The van der Waals surface area contributed by atoms with Crippen molar-refractivity contribution in [1.29, 1.82) is 0 Å². The van der Waals surface area contributed by atoms with E-state index in [4.69, 9.17) is 18.9 Å². The molecule has 0 saturated heterocycles. The van der Waals surface area contributed by atoms with Crippen LogP contribution in [-0.2, 0) is 14.4 Å². The number of hydrogen-bond acceptors (Lipinski definition) is 8. The quantitative estimate of drug-likeness (QED) is 0.218. The number of benzene rings is 3. The van der Waals surface area contributed by atoms with Gasteiger partial charge in [0.1, 0.15) is 11.5 Å². The van der Waals surface area contributed by atoms with Crippen LogP contribution in [0.5, 0.6) is 23.0 Å². The second-order valence-electron chi connectivity index (χ2n) is 7.36. The molecule has 0 atom stereocenters. The number of nitrogens with zero attached hydrogens (tertiary/aromatic N) is 1. The lowest BCUT2D eigenvalue weighted by Crippen LogP contribution is -2.32. The molecule has 3 aromatic rings. The summed E-state index contributed by atoms with van der Waals surface area (Å²) in [7, 11) is 4.54. The molecule has 0 fully saturated rings. The Hall–Kier alpha value is -5.06. The van der Waals surface area contributed by atoms with Gasteiger partial charge >= 0.3 is 11.8 Å². The number of carbonyl (C=O) groups excluding carboxylic acids is 3. The summed E-state index contributed by atoms with van der Waals surface area (Å²) < 4.78 is 21.0. The molecule has 0 heterocycles. The maximum Gasteiger partial charge on any atom is 0.329 e. The van der Waals surface area contributed by atoms with E-state index in [1.807, 2.05) is 0 Å². The van der Waals surface area contributed by atoms with Crippen LogP contribution in [0.4, 0.5) is 11.4 Å². The molecular formula is C26H26N4O7. The number of ether oxygens (including phenoxy) is 4. The Balaban J connectivity index is 1.50. The van der Waals surface area contributed by atoms with Crippen molar-refractivity contribution in [2.24, 2.45) is 5.10 Å². The van der Waals surface area contributed by atoms with Crippen LogP contribution in [0.1, 0.15) is 5.56 Å². The maximum atomic E-state index is 12.2. The standard InChI is InChI=1S/C26H26N4O7/c1-34-20-9-5-18(6-10-20)28-24(31)16-37-22-13-4-17(14-23(22)36-3)15-27-30-26(33)25(32)29-19-7-11-21(35-2)12-8-19/h4-15H,16H2,1-3H3,(H,28,31)(H,29,32)(H,30,33)/b27-15-. The molecule has 0 saturated carbocycles. The van der Waals surface area contributed by atoms with Crippen LogP contribution in [0, 0.1) is 0 Å². The van der Waals surface area contributed by atoms with Gasteiger partial charge in [-0.1, -0.05) is 0 Å². The SMILES string of the molecule is COc1ccc(NC(=O)COc2ccc(/C=N\NC(=O)C(=O)Nc3ccc(OC)cc3)cc2OC)cc1. The summed E-state index contributed by atoms with van der Waals surface area (Å²) in [6, 6.07) is 18.2. The van der Waals surface area contributed by atoms with Crippen LogP contribution < -0.4 is 35.0 Å². The number of hydrazone groups is 1. The minimum absolute atomic E-state index is 0.241. The summed E-state index contributed by atoms with van der Waals surface area (Å²) in [6.45, 7) is -0.241. The van der Waals surface area contributed by atoms with Gasteiger partial charge < -0.3 is 29.6 Å². The van der Waals surface area contributed by atoms with Crippen molar-refractivity contribution in [2.75, 3.05) is 38.6 Å². The summed E-state index contributed by atoms with van der Waals surface area (Å²) in [5.41, 5.74) is 3.75. The number of methoxy groups -OCH3 is 3. The molecular weight excluding hydrogens is 480 g/mol. The van der Waals surface area contributed by atoms with Crippen LogP contribution in [0.25, 0.3) is 0 Å². The Labute approximate surface area is 213 Å². The molecule has 11 nitrogen and oxygen atoms in total. The van der Waals surface area contributed by atoms with Gasteiger partial charge in [-0.15, -0.1) is 0 Å². The van der Waals surface area contributed by atoms with E-state index in [0.717, 1.165) is 0 Å². The molecule has 37 heavy (non-hydrogen) atoms. The van der Waals surface area contributed by atoms with E-state index in [1.165, 1.54) is 20.4 Å². The molecule has 11 heteroatoms. The van der Waals surface area contributed by atoms with Crippen LogP contribution >= 0.6 is 0 Å². The van der Waals surface area contributed by atoms with Gasteiger partial charge in [-0.25, -0.2) is 5.43 Å². The monoisotopic (exact) mass is 506 g/mol. The lowest BCUT2D eigenvalue weighted by molar-refractivity contribution is -0.136. The Morgan fingerprint density at radius 2 is 1.32 bits per heavy atom. The van der Waals surface area contributed by atoms with Crippen molar-refractivity contribution in [1.82, 2.24) is 5.43 Å². The molecule has 0 bridgehead atoms. The third-order valence-corrected chi connectivity index (χ3v) is 4.85. The van der Waals surface area contributed by atoms with Gasteiger partial charge in [0.15, 0.2) is 18.1 Å². The molecule has 0 spiro atoms. The third kappa shape index (κ3) is 7.99. The van der Waals surface area contributed by atoms with Gasteiger partial charge in [0.05, 0.1) is 27.5 Å². The minimum atomic E-state index is -0.943. The van der Waals surface area contributed by atoms with Crippen molar-refractivity contribution in [2.45, 2.75) is 0 Å². The molecule has 3 rings (SSSR count). The number of anilines is 2. The van der Waals surface area contributed by atoms with E-state index in [-0.39, 0.29) is 12.5 Å². The molecule has 3 N–H and O–H groups in total. The van der Waals surface area contributed by atoms with E-state index in [0.29, 0.717) is 39.9 Å². The lowest BCUT2D eigenvalue weighted by Gasteiger charge is -2.11. The number of nitrogens with one attached hydrogen (secondary N) is 3. The molecule has 192 valence electrons. The second-order valence-corrected chi connectivity index (χ2v) is 7.36. The summed E-state index contributed by atoms with van der Waals surface area (Å²) in [4.78, 5) is 36.2. The molecule has 0 aromatic heterocycles. The second kappa shape index (κ2) is 13.1. The predicted molar refractivity (Wildman–Crippen MR) is 137 cm³/mol. The van der Waals surface area contributed by atoms with E-state index >= 15 is 0 Å². The Morgan fingerprint density at radius 3 is 1.89 bits per heavy atom. The molecule has 0 aliphatic carbocycles. The van der Waals surface area contributed by atoms with Crippen molar-refractivity contribution < 1.29 is 33.3 Å². The minimum Gasteiger partial charge on any atom is -0.497 e. The molecule has 3 aromatic carbocycles. The topological polar surface area (TPSA) is 137 Å². The summed E-state index contributed by atoms with van der Waals surface area (Å²) in [6.07, 6.45) is 1.33. The highest BCUT2D eigenvalue weighted by Gasteiger charge is 2.13. The smallest absolute Gasteiger partial charge is 0.329 e. The number of hydrogen-bond donors (Lipinski definition) is 3. The Morgan fingerprint density at radius 1 is 0.730 bits per heavy atom. The van der Waals surface area contributed by atoms with Crippen LogP contribution in [0.3, 0.4) is 0 Å². The fourth-order valence-electron chi connectivity index (χ4n) is 2.98. The summed E-state index contributed by atoms with van der Waals surface area (Å²) in [5.74, 6) is -0.182. The molecule has 0 unspecified atom stereocenters. The van der Waals surface area contributed by atoms with E-state index < -0.39 is 11.8 Å². The average Bonchev–Trinajstić information content (AvgIpc) is 2.92. The molecule has 0 aliphatic heterocycles. The first-order valence-corrected chi connectivity index (χ1v) is 10.9. The highest BCUT2D eigenvalue weighted by molar-refractivity contribution is 6.39. The fraction of sp³-hybridized carbons (Fsp3) is 0.154. The van der Waals surface area contributed by atoms with Gasteiger partial charge in [-0.2, -0.15) is 5.10 Å². The first-order valence-electron chi connectivity index (χ1n) is 10.9.